The average molecular weight is 1100 g/mol. The fourth-order valence-electron chi connectivity index (χ4n) is 9.57. The Morgan fingerprint density at radius 2 is 1.19 bits per heavy atom. The van der Waals surface area contributed by atoms with E-state index in [-0.39, 0.29) is 43.4 Å². The fourth-order valence-corrected chi connectivity index (χ4v) is 9.57. The summed E-state index contributed by atoms with van der Waals surface area (Å²) in [6, 6.07) is 60.8. The molecule has 10 aromatic rings. The summed E-state index contributed by atoms with van der Waals surface area (Å²) in [5, 5.41) is 12.4. The van der Waals surface area contributed by atoms with Crippen molar-refractivity contribution >= 4 is 11.0 Å². The Kier molecular flexibility index (Phi) is 11.0. The molecule has 4 nitrogen and oxygen atoms in total. The minimum Gasteiger partial charge on any atom is -0.507 e. The molecule has 0 saturated heterocycles. The standard InChI is InChI=1S/C65H58N3O.Pt/c1-41-26-28-45(29-27-41)47-32-33-66-57(40-47)51-38-49(44-18-12-10-13-19-44)37-50(39-51)53-23-17-25-59-61(53)67-63(54-34-42(2)35-56(62(54)69)65(7,8)9)68(59)58-31-30-48(36-43(58)3)60-52(46-20-14-11-15-21-46)22-16-24-55(60)64(4,5)6;/h10-38,40,69H,1-9H3;/q-1;/i1D3,3D3;. The van der Waals surface area contributed by atoms with Crippen LogP contribution in [0.3, 0.4) is 0 Å². The third kappa shape index (κ3) is 9.21. The summed E-state index contributed by atoms with van der Waals surface area (Å²) in [4.78, 5) is 10.3. The predicted molar refractivity (Wildman–Crippen MR) is 289 cm³/mol. The Morgan fingerprint density at radius 3 is 1.89 bits per heavy atom. The van der Waals surface area contributed by atoms with Crippen LogP contribution in [0.15, 0.2) is 182 Å². The summed E-state index contributed by atoms with van der Waals surface area (Å²) < 4.78 is 53.3. The van der Waals surface area contributed by atoms with E-state index in [9.17, 15) is 9.22 Å². The fraction of sp³-hybridized carbons (Fsp3) is 0.169. The topological polar surface area (TPSA) is 50.9 Å². The number of nitrogens with zero attached hydrogens (tertiary/aromatic N) is 3. The molecule has 0 amide bonds. The van der Waals surface area contributed by atoms with Crippen LogP contribution in [0.1, 0.15) is 77.6 Å². The van der Waals surface area contributed by atoms with Crippen molar-refractivity contribution < 1.29 is 34.4 Å². The first-order valence-electron chi connectivity index (χ1n) is 26.5. The number of rotatable bonds is 8. The molecule has 0 aliphatic rings. The minimum atomic E-state index is -2.59. The smallest absolute Gasteiger partial charge is 0.148 e. The molecule has 2 heterocycles. The zero-order valence-electron chi connectivity index (χ0n) is 46.4. The molecule has 0 saturated carbocycles. The van der Waals surface area contributed by atoms with Gasteiger partial charge in [0.1, 0.15) is 11.6 Å². The van der Waals surface area contributed by atoms with Gasteiger partial charge in [-0.1, -0.05) is 197 Å². The molecule has 1 N–H and O–H groups in total. The van der Waals surface area contributed by atoms with Gasteiger partial charge in [0.15, 0.2) is 0 Å². The molecule has 0 unspecified atom stereocenters. The van der Waals surface area contributed by atoms with Gasteiger partial charge in [-0.15, -0.1) is 23.8 Å². The van der Waals surface area contributed by atoms with Gasteiger partial charge in [-0.3, -0.25) is 9.55 Å². The van der Waals surface area contributed by atoms with E-state index in [0.29, 0.717) is 33.8 Å². The third-order valence-corrected chi connectivity index (χ3v) is 13.0. The molecular weight excluding hydrogens is 1030 g/mol. The van der Waals surface area contributed by atoms with E-state index in [4.69, 9.17) is 14.1 Å². The molecule has 0 aliphatic carbocycles. The van der Waals surface area contributed by atoms with Crippen molar-refractivity contribution in [3.63, 3.8) is 0 Å². The second-order valence-corrected chi connectivity index (χ2v) is 20.0. The second kappa shape index (κ2) is 19.0. The van der Waals surface area contributed by atoms with Crippen molar-refractivity contribution in [3.05, 3.63) is 216 Å². The third-order valence-electron chi connectivity index (χ3n) is 13.0. The molecule has 0 fully saturated rings. The van der Waals surface area contributed by atoms with Crippen LogP contribution in [-0.4, -0.2) is 19.6 Å². The van der Waals surface area contributed by atoms with Crippen LogP contribution >= 0.6 is 0 Å². The summed E-state index contributed by atoms with van der Waals surface area (Å²) in [6.45, 7) is 9.91. The van der Waals surface area contributed by atoms with Gasteiger partial charge in [-0.2, -0.15) is 0 Å². The molecule has 2 aromatic heterocycles. The van der Waals surface area contributed by atoms with E-state index in [1.165, 1.54) is 0 Å². The van der Waals surface area contributed by atoms with Crippen molar-refractivity contribution in [1.29, 1.82) is 0 Å². The summed E-state index contributed by atoms with van der Waals surface area (Å²) >= 11 is 0. The number of hydrogen-bond acceptors (Lipinski definition) is 3. The number of aromatic hydroxyl groups is 1. The zero-order valence-corrected chi connectivity index (χ0v) is 42.7. The van der Waals surface area contributed by atoms with Gasteiger partial charge in [0, 0.05) is 46.7 Å². The summed E-state index contributed by atoms with van der Waals surface area (Å²) in [7, 11) is 0. The van der Waals surface area contributed by atoms with Crippen molar-refractivity contribution in [2.24, 2.45) is 0 Å². The number of fused-ring (bicyclic) bond motifs is 1. The first-order valence-corrected chi connectivity index (χ1v) is 23.5. The summed E-state index contributed by atoms with van der Waals surface area (Å²) in [5.74, 6) is 0.463. The van der Waals surface area contributed by atoms with Crippen LogP contribution in [-0.2, 0) is 31.9 Å². The van der Waals surface area contributed by atoms with Crippen molar-refractivity contribution in [2.75, 3.05) is 0 Å². The Bertz CT molecular complexity index is 3780. The number of para-hydroxylation sites is 1. The van der Waals surface area contributed by atoms with Gasteiger partial charge in [0.2, 0.25) is 0 Å². The molecule has 0 aliphatic heterocycles. The van der Waals surface area contributed by atoms with Gasteiger partial charge in [0.25, 0.3) is 0 Å². The van der Waals surface area contributed by atoms with E-state index < -0.39 is 19.1 Å². The first kappa shape index (κ1) is 40.7. The quantitative estimate of drug-likeness (QED) is 0.154. The summed E-state index contributed by atoms with van der Waals surface area (Å²) in [5.41, 5.74) is 14.8. The number of phenols is 1. The molecule has 70 heavy (non-hydrogen) atoms. The number of phenolic OH excluding ortho intramolecular Hbond substituents is 1. The van der Waals surface area contributed by atoms with Gasteiger partial charge in [-0.05, 0) is 117 Å². The van der Waals surface area contributed by atoms with E-state index >= 15 is 0 Å². The zero-order chi connectivity index (χ0) is 53.2. The second-order valence-electron chi connectivity index (χ2n) is 20.0. The first-order chi connectivity index (χ1) is 35.5. The van der Waals surface area contributed by atoms with Crippen LogP contribution in [0.4, 0.5) is 0 Å². The average Bonchev–Trinajstić information content (AvgIpc) is 3.79. The molecular formula is C65H58N3OPt-. The van der Waals surface area contributed by atoms with Crippen LogP contribution in [0, 0.1) is 26.7 Å². The maximum Gasteiger partial charge on any atom is 0.148 e. The number of aromatic nitrogens is 3. The Balaban J connectivity index is 0.00000706. The Morgan fingerprint density at radius 1 is 0.529 bits per heavy atom. The molecule has 8 aromatic carbocycles. The Hall–Kier alpha value is -7.13. The number of hydrogen-bond donors (Lipinski definition) is 1. The number of pyridine rings is 1. The minimum absolute atomic E-state index is 0. The van der Waals surface area contributed by atoms with Crippen molar-refractivity contribution in [3.8, 4) is 89.7 Å². The molecule has 0 radical (unpaired) electrons. The van der Waals surface area contributed by atoms with Gasteiger partial charge in [-0.25, -0.2) is 4.98 Å². The van der Waals surface area contributed by atoms with Crippen LogP contribution in [0.25, 0.3) is 95.0 Å². The van der Waals surface area contributed by atoms with E-state index in [1.807, 2.05) is 121 Å². The molecule has 5 heteroatoms. The van der Waals surface area contributed by atoms with Crippen molar-refractivity contribution in [2.45, 2.75) is 73.0 Å². The van der Waals surface area contributed by atoms with Crippen LogP contribution in [0.5, 0.6) is 5.75 Å². The van der Waals surface area contributed by atoms with E-state index in [2.05, 4.69) is 102 Å². The van der Waals surface area contributed by atoms with Crippen molar-refractivity contribution in [1.82, 2.24) is 14.5 Å². The van der Waals surface area contributed by atoms with Gasteiger partial charge >= 0.3 is 0 Å². The SMILES string of the molecule is [2H]C([2H])([2H])c1ccc(-c2ccnc(-c3[c-]c(-c4cccc5c4nc(-c4cc(C)cc(C(C)(C)C)c4O)n5-c4ccc(-c5c(-c6ccccc6)cccc5C(C)(C)C)cc4C([2H])([2H])[2H])cc(-c4ccccc4)c3)c2)cc1.[Pt]. The summed E-state index contributed by atoms with van der Waals surface area (Å²) in [6.07, 6.45) is 1.75. The molecule has 0 atom stereocenters. The molecule has 0 bridgehead atoms. The van der Waals surface area contributed by atoms with Gasteiger partial charge in [0.05, 0.1) is 22.3 Å². The maximum absolute atomic E-state index is 12.4. The van der Waals surface area contributed by atoms with Crippen LogP contribution in [0.2, 0.25) is 0 Å². The largest absolute Gasteiger partial charge is 0.507 e. The van der Waals surface area contributed by atoms with Crippen LogP contribution < -0.4 is 0 Å². The Labute approximate surface area is 436 Å². The van der Waals surface area contributed by atoms with Gasteiger partial charge < -0.3 is 5.11 Å². The number of aryl methyl sites for hydroxylation is 3. The molecule has 350 valence electrons. The molecule has 10 rings (SSSR count). The number of benzene rings is 8. The monoisotopic (exact) mass is 1100 g/mol. The predicted octanol–water partition coefficient (Wildman–Crippen LogP) is 17.1. The number of imidazole rings is 1. The van der Waals surface area contributed by atoms with E-state index in [1.54, 1.807) is 18.3 Å². The normalized spacial score (nSPS) is 13.4. The molecule has 0 spiro atoms. The maximum atomic E-state index is 12.4. The van der Waals surface area contributed by atoms with E-state index in [0.717, 1.165) is 77.9 Å².